The van der Waals surface area contributed by atoms with Crippen LogP contribution in [-0.2, 0) is 9.53 Å². The van der Waals surface area contributed by atoms with Gasteiger partial charge in [0.05, 0.1) is 6.04 Å². The van der Waals surface area contributed by atoms with E-state index in [1.54, 1.807) is 32.9 Å². The summed E-state index contributed by atoms with van der Waals surface area (Å²) in [4.78, 5) is 25.0. The first-order chi connectivity index (χ1) is 9.81. The first kappa shape index (κ1) is 15.5. The average molecular weight is 293 g/mol. The summed E-state index contributed by atoms with van der Waals surface area (Å²) in [5.41, 5.74) is 0.262. The van der Waals surface area contributed by atoms with Crippen LogP contribution in [0.25, 0.3) is 0 Å². The Morgan fingerprint density at radius 2 is 1.95 bits per heavy atom. The molecule has 0 saturated carbocycles. The van der Waals surface area contributed by atoms with E-state index in [2.05, 4.69) is 0 Å². The molecule has 4 nitrogen and oxygen atoms in total. The third-order valence-electron chi connectivity index (χ3n) is 3.52. The van der Waals surface area contributed by atoms with Gasteiger partial charge in [0.2, 0.25) is 0 Å². The second-order valence-corrected chi connectivity index (χ2v) is 6.25. The van der Waals surface area contributed by atoms with Crippen molar-refractivity contribution < 1.29 is 18.7 Å². The summed E-state index contributed by atoms with van der Waals surface area (Å²) in [5, 5.41) is 0. The minimum absolute atomic E-state index is 0.115. The first-order valence-corrected chi connectivity index (χ1v) is 7.02. The number of carbonyl (C=O) groups excluding carboxylic acids is 2. The van der Waals surface area contributed by atoms with Crippen molar-refractivity contribution in [1.29, 1.82) is 0 Å². The zero-order valence-electron chi connectivity index (χ0n) is 12.5. The van der Waals surface area contributed by atoms with E-state index in [-0.39, 0.29) is 11.7 Å². The summed E-state index contributed by atoms with van der Waals surface area (Å²) >= 11 is 0. The summed E-state index contributed by atoms with van der Waals surface area (Å²) in [6, 6.07) is 5.50. The average Bonchev–Trinajstić information content (AvgIpc) is 2.81. The number of carbonyl (C=O) groups is 2. The molecule has 1 heterocycles. The highest BCUT2D eigenvalue weighted by molar-refractivity contribution is 5.75. The zero-order chi connectivity index (χ0) is 15.6. The molecule has 0 aliphatic carbocycles. The SMILES string of the molecule is CC(C)(C)OC(=O)N1CC[C@@H](c2ccc(F)cc2)[C@H]1C=O. The minimum Gasteiger partial charge on any atom is -0.444 e. The normalized spacial score (nSPS) is 22.2. The van der Waals surface area contributed by atoms with Crippen LogP contribution in [-0.4, -0.2) is 35.5 Å². The van der Waals surface area contributed by atoms with Crippen molar-refractivity contribution in [3.63, 3.8) is 0 Å². The largest absolute Gasteiger partial charge is 0.444 e. The molecule has 1 fully saturated rings. The number of likely N-dealkylation sites (tertiary alicyclic amines) is 1. The maximum atomic E-state index is 13.0. The number of halogens is 1. The summed E-state index contributed by atoms with van der Waals surface area (Å²) in [7, 11) is 0. The molecule has 5 heteroatoms. The van der Waals surface area contributed by atoms with Gasteiger partial charge in [0.25, 0.3) is 0 Å². The molecule has 0 radical (unpaired) electrons. The van der Waals surface area contributed by atoms with E-state index in [1.165, 1.54) is 17.0 Å². The van der Waals surface area contributed by atoms with E-state index >= 15 is 0 Å². The summed E-state index contributed by atoms with van der Waals surface area (Å²) < 4.78 is 18.3. The third kappa shape index (κ3) is 3.60. The Hall–Kier alpha value is -1.91. The Bertz CT molecular complexity index is 521. The number of benzene rings is 1. The molecule has 114 valence electrons. The number of amides is 1. The Kier molecular flexibility index (Phi) is 4.30. The summed E-state index contributed by atoms with van der Waals surface area (Å²) in [6.45, 7) is 5.82. The lowest BCUT2D eigenvalue weighted by atomic mass is 9.92. The Labute approximate surface area is 123 Å². The van der Waals surface area contributed by atoms with E-state index in [9.17, 15) is 14.0 Å². The molecule has 2 rings (SSSR count). The molecular weight excluding hydrogens is 273 g/mol. The van der Waals surface area contributed by atoms with Crippen molar-refractivity contribution in [2.75, 3.05) is 6.54 Å². The zero-order valence-corrected chi connectivity index (χ0v) is 12.5. The van der Waals surface area contributed by atoms with Gasteiger partial charge >= 0.3 is 6.09 Å². The molecule has 1 saturated heterocycles. The van der Waals surface area contributed by atoms with E-state index in [0.717, 1.165) is 11.8 Å². The molecule has 1 amide bonds. The van der Waals surface area contributed by atoms with Crippen molar-refractivity contribution in [2.45, 2.75) is 44.8 Å². The molecule has 0 N–H and O–H groups in total. The van der Waals surface area contributed by atoms with Crippen molar-refractivity contribution in [1.82, 2.24) is 4.90 Å². The Balaban J connectivity index is 2.16. The van der Waals surface area contributed by atoms with Crippen LogP contribution in [0.5, 0.6) is 0 Å². The topological polar surface area (TPSA) is 46.6 Å². The molecule has 0 spiro atoms. The first-order valence-electron chi connectivity index (χ1n) is 7.02. The van der Waals surface area contributed by atoms with Gasteiger partial charge in [-0.15, -0.1) is 0 Å². The van der Waals surface area contributed by atoms with Crippen molar-refractivity contribution in [3.8, 4) is 0 Å². The van der Waals surface area contributed by atoms with Crippen LogP contribution in [0.3, 0.4) is 0 Å². The van der Waals surface area contributed by atoms with Crippen LogP contribution in [0.1, 0.15) is 38.7 Å². The molecule has 0 aromatic heterocycles. The molecule has 21 heavy (non-hydrogen) atoms. The van der Waals surface area contributed by atoms with Crippen LogP contribution in [0.15, 0.2) is 24.3 Å². The van der Waals surface area contributed by atoms with Crippen LogP contribution in [0, 0.1) is 5.82 Å². The van der Waals surface area contributed by atoms with Gasteiger partial charge < -0.3 is 9.53 Å². The van der Waals surface area contributed by atoms with E-state index in [4.69, 9.17) is 4.74 Å². The van der Waals surface area contributed by atoms with Crippen LogP contribution < -0.4 is 0 Å². The van der Waals surface area contributed by atoms with Gasteiger partial charge in [0.1, 0.15) is 17.7 Å². The van der Waals surface area contributed by atoms with Gasteiger partial charge in [-0.05, 0) is 44.9 Å². The van der Waals surface area contributed by atoms with Crippen LogP contribution in [0.4, 0.5) is 9.18 Å². The van der Waals surface area contributed by atoms with Gasteiger partial charge in [-0.1, -0.05) is 12.1 Å². The lowest BCUT2D eigenvalue weighted by Crippen LogP contribution is -2.41. The molecule has 1 aliphatic rings. The number of aldehydes is 1. The second-order valence-electron chi connectivity index (χ2n) is 6.25. The highest BCUT2D eigenvalue weighted by Gasteiger charge is 2.39. The van der Waals surface area contributed by atoms with Crippen LogP contribution >= 0.6 is 0 Å². The molecule has 1 aromatic rings. The number of rotatable bonds is 2. The van der Waals surface area contributed by atoms with Gasteiger partial charge in [0.15, 0.2) is 0 Å². The molecule has 0 bridgehead atoms. The summed E-state index contributed by atoms with van der Waals surface area (Å²) in [6.07, 6.45) is 0.948. The molecule has 0 unspecified atom stereocenters. The van der Waals surface area contributed by atoms with E-state index < -0.39 is 17.7 Å². The molecule has 2 atom stereocenters. The number of ether oxygens (including phenoxy) is 1. The highest BCUT2D eigenvalue weighted by Crippen LogP contribution is 2.33. The van der Waals surface area contributed by atoms with Gasteiger partial charge in [-0.3, -0.25) is 4.90 Å². The third-order valence-corrected chi connectivity index (χ3v) is 3.52. The van der Waals surface area contributed by atoms with Crippen molar-refractivity contribution >= 4 is 12.4 Å². The fraction of sp³-hybridized carbons (Fsp3) is 0.500. The van der Waals surface area contributed by atoms with E-state index in [0.29, 0.717) is 13.0 Å². The lowest BCUT2D eigenvalue weighted by molar-refractivity contribution is -0.112. The summed E-state index contributed by atoms with van der Waals surface area (Å²) in [5.74, 6) is -0.431. The number of hydrogen-bond acceptors (Lipinski definition) is 3. The fourth-order valence-electron chi connectivity index (χ4n) is 2.59. The lowest BCUT2D eigenvalue weighted by Gasteiger charge is -2.27. The van der Waals surface area contributed by atoms with Gasteiger partial charge in [0, 0.05) is 12.5 Å². The Morgan fingerprint density at radius 1 is 1.33 bits per heavy atom. The maximum Gasteiger partial charge on any atom is 0.410 e. The molecule has 1 aliphatic heterocycles. The molecular formula is C16H20FNO3. The van der Waals surface area contributed by atoms with E-state index in [1.807, 2.05) is 0 Å². The smallest absolute Gasteiger partial charge is 0.410 e. The van der Waals surface area contributed by atoms with Crippen molar-refractivity contribution in [2.24, 2.45) is 0 Å². The predicted octanol–water partition coefficient (Wildman–Crippen LogP) is 3.12. The molecule has 1 aromatic carbocycles. The Morgan fingerprint density at radius 3 is 2.48 bits per heavy atom. The maximum absolute atomic E-state index is 13.0. The predicted molar refractivity (Wildman–Crippen MR) is 76.6 cm³/mol. The second kappa shape index (κ2) is 5.84. The highest BCUT2D eigenvalue weighted by atomic mass is 19.1. The fourth-order valence-corrected chi connectivity index (χ4v) is 2.59. The monoisotopic (exact) mass is 293 g/mol. The van der Waals surface area contributed by atoms with Gasteiger partial charge in [-0.2, -0.15) is 0 Å². The minimum atomic E-state index is -0.599. The number of nitrogens with zero attached hydrogens (tertiary/aromatic N) is 1. The van der Waals surface area contributed by atoms with Crippen molar-refractivity contribution in [3.05, 3.63) is 35.6 Å². The quantitative estimate of drug-likeness (QED) is 0.787. The van der Waals surface area contributed by atoms with Crippen LogP contribution in [0.2, 0.25) is 0 Å². The number of hydrogen-bond donors (Lipinski definition) is 0. The van der Waals surface area contributed by atoms with Gasteiger partial charge in [-0.25, -0.2) is 9.18 Å². The standard InChI is InChI=1S/C16H20FNO3/c1-16(2,3)21-15(20)18-9-8-13(14(18)10-19)11-4-6-12(17)7-5-11/h4-7,10,13-14H,8-9H2,1-3H3/t13-,14+/m0/s1.